The van der Waals surface area contributed by atoms with Gasteiger partial charge in [0.1, 0.15) is 5.82 Å². The van der Waals surface area contributed by atoms with Crippen molar-refractivity contribution >= 4 is 32.4 Å². The Hall–Kier alpha value is -1.40. The summed E-state index contributed by atoms with van der Waals surface area (Å²) in [7, 11) is 0. The van der Waals surface area contributed by atoms with E-state index in [4.69, 9.17) is 10.8 Å². The minimum Gasteiger partial charge on any atom is -0.394 e. The van der Waals surface area contributed by atoms with E-state index >= 15 is 0 Å². The zero-order valence-corrected chi connectivity index (χ0v) is 9.97. The van der Waals surface area contributed by atoms with E-state index in [0.717, 1.165) is 27.6 Å². The monoisotopic (exact) mass is 240 g/mol. The first-order valence-corrected chi connectivity index (χ1v) is 6.07. The lowest BCUT2D eigenvalue weighted by molar-refractivity contribution is 0.307. The number of nitrogen functional groups attached to an aromatic ring is 1. The number of fused-ring (bicyclic) bond motifs is 1. The number of rotatable bonds is 5. The summed E-state index contributed by atoms with van der Waals surface area (Å²) in [6, 6.07) is 4.00. The predicted molar refractivity (Wildman–Crippen MR) is 69.7 cm³/mol. The molecule has 0 bridgehead atoms. The van der Waals surface area contributed by atoms with E-state index in [2.05, 4.69) is 16.8 Å². The molecule has 2 heterocycles. The second kappa shape index (κ2) is 4.63. The molecule has 0 aliphatic heterocycles. The molecule has 2 aromatic rings. The molecule has 0 saturated heterocycles. The topological polar surface area (TPSA) is 75.2 Å². The lowest BCUT2D eigenvalue weighted by Gasteiger charge is -2.12. The minimum atomic E-state index is 0.102. The number of aromatic nitrogens is 1. The summed E-state index contributed by atoms with van der Waals surface area (Å²) >= 11 is 1.56. The highest BCUT2D eigenvalue weighted by Crippen LogP contribution is 2.31. The molecule has 0 saturated carbocycles. The fraction of sp³-hybridized carbons (Fsp3) is 0.400. The van der Waals surface area contributed by atoms with Gasteiger partial charge in [-0.2, -0.15) is 0 Å². The second-order valence-corrected chi connectivity index (χ2v) is 4.54. The molecule has 5 nitrogen and oxygen atoms in total. The summed E-state index contributed by atoms with van der Waals surface area (Å²) in [5.41, 5.74) is 9.95. The lowest BCUT2D eigenvalue weighted by atomic mass is 10.5. The maximum atomic E-state index is 8.84. The number of aliphatic hydroxyl groups excluding tert-OH is 1. The minimum absolute atomic E-state index is 0.102. The van der Waals surface area contributed by atoms with Gasteiger partial charge in [0.15, 0.2) is 0 Å². The molecule has 0 spiro atoms. The maximum absolute atomic E-state index is 8.84. The molecular weight excluding hydrogens is 224 g/mol. The van der Waals surface area contributed by atoms with Crippen molar-refractivity contribution in [3.63, 3.8) is 0 Å². The highest BCUT2D eigenvalue weighted by molar-refractivity contribution is 7.22. The summed E-state index contributed by atoms with van der Waals surface area (Å²) in [4.78, 5) is 0. The Kier molecular flexibility index (Phi) is 3.21. The van der Waals surface area contributed by atoms with Gasteiger partial charge in [0.25, 0.3) is 0 Å². The standard InChI is InChI=1S/C10H16N4OS/c1-2-12-10-6-8-7(5-9(11)16-8)14(10)13-3-4-15/h5-6,12-13,15H,2-4,11H2,1H3. The summed E-state index contributed by atoms with van der Waals surface area (Å²) in [6.07, 6.45) is 0. The van der Waals surface area contributed by atoms with E-state index in [1.54, 1.807) is 11.3 Å². The largest absolute Gasteiger partial charge is 0.394 e. The highest BCUT2D eigenvalue weighted by atomic mass is 32.1. The van der Waals surface area contributed by atoms with Gasteiger partial charge in [0, 0.05) is 6.54 Å². The van der Waals surface area contributed by atoms with Crippen LogP contribution in [0, 0.1) is 0 Å². The lowest BCUT2D eigenvalue weighted by Crippen LogP contribution is -2.20. The Balaban J connectivity index is 2.40. The molecule has 0 unspecified atom stereocenters. The third-order valence-electron chi connectivity index (χ3n) is 2.25. The Morgan fingerprint density at radius 3 is 3.00 bits per heavy atom. The average molecular weight is 240 g/mol. The van der Waals surface area contributed by atoms with Crippen LogP contribution in [0.1, 0.15) is 6.92 Å². The average Bonchev–Trinajstić information content (AvgIpc) is 2.73. The van der Waals surface area contributed by atoms with Crippen molar-refractivity contribution in [2.45, 2.75) is 6.92 Å². The van der Waals surface area contributed by atoms with Crippen molar-refractivity contribution in [3.05, 3.63) is 12.1 Å². The van der Waals surface area contributed by atoms with E-state index in [-0.39, 0.29) is 6.61 Å². The van der Waals surface area contributed by atoms with Crippen LogP contribution < -0.4 is 16.5 Å². The van der Waals surface area contributed by atoms with Crippen LogP contribution in [0.2, 0.25) is 0 Å². The number of hydrogen-bond acceptors (Lipinski definition) is 5. The molecule has 5 N–H and O–H groups in total. The second-order valence-electron chi connectivity index (χ2n) is 3.43. The third-order valence-corrected chi connectivity index (χ3v) is 3.15. The summed E-state index contributed by atoms with van der Waals surface area (Å²) < 4.78 is 3.07. The number of anilines is 2. The molecule has 0 radical (unpaired) electrons. The van der Waals surface area contributed by atoms with Crippen molar-refractivity contribution in [3.8, 4) is 0 Å². The fourth-order valence-corrected chi connectivity index (χ4v) is 2.50. The summed E-state index contributed by atoms with van der Waals surface area (Å²) in [6.45, 7) is 3.52. The van der Waals surface area contributed by atoms with Gasteiger partial charge >= 0.3 is 0 Å². The van der Waals surface area contributed by atoms with Crippen LogP contribution in [-0.4, -0.2) is 29.5 Å². The Bertz CT molecular complexity index is 476. The molecular formula is C10H16N4OS. The smallest absolute Gasteiger partial charge is 0.127 e. The van der Waals surface area contributed by atoms with E-state index in [1.165, 1.54) is 0 Å². The van der Waals surface area contributed by atoms with Gasteiger partial charge in [-0.15, -0.1) is 11.3 Å². The van der Waals surface area contributed by atoms with Crippen LogP contribution in [0.5, 0.6) is 0 Å². The molecule has 0 aromatic carbocycles. The number of nitrogens with one attached hydrogen (secondary N) is 2. The Labute approximate surface area is 97.8 Å². The molecule has 0 fully saturated rings. The van der Waals surface area contributed by atoms with Gasteiger partial charge in [0.2, 0.25) is 0 Å². The van der Waals surface area contributed by atoms with Gasteiger partial charge < -0.3 is 21.6 Å². The van der Waals surface area contributed by atoms with Crippen molar-refractivity contribution in [1.29, 1.82) is 0 Å². The van der Waals surface area contributed by atoms with E-state index in [0.29, 0.717) is 6.54 Å². The molecule has 0 aliphatic carbocycles. The van der Waals surface area contributed by atoms with Crippen molar-refractivity contribution < 1.29 is 5.11 Å². The molecule has 88 valence electrons. The highest BCUT2D eigenvalue weighted by Gasteiger charge is 2.10. The van der Waals surface area contributed by atoms with E-state index in [1.807, 2.05) is 17.7 Å². The predicted octanol–water partition coefficient (Wildman–Crippen LogP) is 1.25. The van der Waals surface area contributed by atoms with Crippen LogP contribution in [0.25, 0.3) is 10.2 Å². The van der Waals surface area contributed by atoms with E-state index in [9.17, 15) is 0 Å². The Morgan fingerprint density at radius 2 is 2.31 bits per heavy atom. The molecule has 2 rings (SSSR count). The van der Waals surface area contributed by atoms with Crippen molar-refractivity contribution in [2.75, 3.05) is 36.2 Å². The van der Waals surface area contributed by atoms with Gasteiger partial charge in [-0.25, -0.2) is 4.68 Å². The molecule has 0 atom stereocenters. The van der Waals surface area contributed by atoms with Crippen LogP contribution in [0.15, 0.2) is 12.1 Å². The van der Waals surface area contributed by atoms with Crippen LogP contribution in [0.4, 0.5) is 10.8 Å². The van der Waals surface area contributed by atoms with Gasteiger partial charge in [-0.05, 0) is 19.1 Å². The number of nitrogens with two attached hydrogens (primary N) is 1. The van der Waals surface area contributed by atoms with Crippen LogP contribution in [0.3, 0.4) is 0 Å². The summed E-state index contributed by atoms with van der Waals surface area (Å²) in [5.74, 6) is 0.997. The molecule has 0 aliphatic rings. The fourth-order valence-electron chi connectivity index (χ4n) is 1.65. The van der Waals surface area contributed by atoms with Crippen LogP contribution in [-0.2, 0) is 0 Å². The van der Waals surface area contributed by atoms with Gasteiger partial charge in [0.05, 0.1) is 28.4 Å². The normalized spacial score (nSPS) is 10.9. The number of hydrogen-bond donors (Lipinski definition) is 4. The quantitative estimate of drug-likeness (QED) is 0.634. The summed E-state index contributed by atoms with van der Waals surface area (Å²) in [5, 5.41) is 12.9. The van der Waals surface area contributed by atoms with E-state index < -0.39 is 0 Å². The van der Waals surface area contributed by atoms with Gasteiger partial charge in [-0.1, -0.05) is 0 Å². The molecule has 16 heavy (non-hydrogen) atoms. The van der Waals surface area contributed by atoms with Gasteiger partial charge in [-0.3, -0.25) is 0 Å². The zero-order chi connectivity index (χ0) is 11.5. The third kappa shape index (κ3) is 1.94. The van der Waals surface area contributed by atoms with Crippen LogP contribution >= 0.6 is 11.3 Å². The number of nitrogens with zero attached hydrogens (tertiary/aromatic N) is 1. The van der Waals surface area contributed by atoms with Crippen molar-refractivity contribution in [2.24, 2.45) is 0 Å². The number of thiophene rings is 1. The first kappa shape index (κ1) is 11.1. The zero-order valence-electron chi connectivity index (χ0n) is 9.16. The Morgan fingerprint density at radius 1 is 1.50 bits per heavy atom. The molecule has 0 amide bonds. The molecule has 6 heteroatoms. The first-order chi connectivity index (χ1) is 7.76. The number of aliphatic hydroxyl groups is 1. The van der Waals surface area contributed by atoms with Crippen molar-refractivity contribution in [1.82, 2.24) is 4.68 Å². The SMILES string of the molecule is CCNc1cc2sc(N)cc2n1NCCO. The first-order valence-electron chi connectivity index (χ1n) is 5.25. The molecule has 2 aromatic heterocycles. The maximum Gasteiger partial charge on any atom is 0.127 e.